The van der Waals surface area contributed by atoms with Crippen LogP contribution in [0.5, 0.6) is 0 Å². The number of anilines is 1. The Morgan fingerprint density at radius 3 is 2.59 bits per heavy atom. The molecule has 11 heteroatoms. The van der Waals surface area contributed by atoms with Gasteiger partial charge in [0.1, 0.15) is 5.70 Å². The van der Waals surface area contributed by atoms with Crippen LogP contribution in [0, 0.1) is 18.8 Å². The third-order valence-corrected chi connectivity index (χ3v) is 6.98. The zero-order valence-corrected chi connectivity index (χ0v) is 23.6. The van der Waals surface area contributed by atoms with Gasteiger partial charge in [-0.2, -0.15) is 18.3 Å². The summed E-state index contributed by atoms with van der Waals surface area (Å²) >= 11 is 0. The van der Waals surface area contributed by atoms with Crippen LogP contribution >= 0.6 is 0 Å². The first-order valence-electron chi connectivity index (χ1n) is 13.3. The third-order valence-electron chi connectivity index (χ3n) is 6.98. The van der Waals surface area contributed by atoms with E-state index in [1.807, 2.05) is 31.0 Å². The van der Waals surface area contributed by atoms with E-state index in [1.165, 1.54) is 18.3 Å². The maximum atomic E-state index is 14.0. The topological polar surface area (TPSA) is 90.1 Å². The number of likely N-dealkylation sites (N-methyl/N-ethyl adjacent to an activating group) is 1. The van der Waals surface area contributed by atoms with Gasteiger partial charge in [-0.3, -0.25) is 14.7 Å². The minimum Gasteiger partial charge on any atom is -0.400 e. The van der Waals surface area contributed by atoms with Gasteiger partial charge in [-0.1, -0.05) is 18.1 Å². The number of amides is 1. The average Bonchev–Trinajstić information content (AvgIpc) is 2.92. The first kappa shape index (κ1) is 29.8. The fourth-order valence-electron chi connectivity index (χ4n) is 4.52. The van der Waals surface area contributed by atoms with Crippen LogP contribution in [0.1, 0.15) is 46.6 Å². The largest absolute Gasteiger partial charge is 0.416 e. The number of rotatable bonds is 5. The smallest absolute Gasteiger partial charge is 0.400 e. The van der Waals surface area contributed by atoms with Crippen LogP contribution in [0.25, 0.3) is 0 Å². The number of nitrogens with two attached hydrogens (primary N) is 1. The van der Waals surface area contributed by atoms with Crippen molar-refractivity contribution in [3.05, 3.63) is 82.0 Å². The Labute approximate surface area is 238 Å². The number of halogens is 3. The number of alkyl halides is 3. The standard InChI is InChI=1S/C30H34F3N7O/c1-20-6-5-11-36-40(20)28(21(2)34)10-8-23-16-25(18-35-22(23)3)29(41)37-26-9-7-24(27(17-26)30(31,32)33)19-39-14-12-38(4)13-15-39/h5-7,9,11,16-18,20H,12-15,19,34H2,1-4H3,(H,37,41)/b28-21-. The quantitative estimate of drug-likeness (QED) is 0.529. The first-order valence-corrected chi connectivity index (χ1v) is 13.3. The van der Waals surface area contributed by atoms with Crippen LogP contribution in [0.4, 0.5) is 18.9 Å². The molecule has 8 nitrogen and oxygen atoms in total. The lowest BCUT2D eigenvalue weighted by molar-refractivity contribution is -0.138. The van der Waals surface area contributed by atoms with Crippen molar-refractivity contribution in [1.82, 2.24) is 19.8 Å². The molecule has 216 valence electrons. The zero-order chi connectivity index (χ0) is 29.7. The lowest BCUT2D eigenvalue weighted by atomic mass is 10.0. The molecule has 0 bridgehead atoms. The minimum atomic E-state index is -4.56. The van der Waals surface area contributed by atoms with Gasteiger partial charge in [0, 0.05) is 62.1 Å². The van der Waals surface area contributed by atoms with Crippen molar-refractivity contribution in [2.75, 3.05) is 38.5 Å². The maximum absolute atomic E-state index is 14.0. The van der Waals surface area contributed by atoms with Crippen molar-refractivity contribution in [1.29, 1.82) is 0 Å². The molecule has 3 N–H and O–H groups in total. The van der Waals surface area contributed by atoms with E-state index in [0.717, 1.165) is 19.2 Å². The molecular weight excluding hydrogens is 531 g/mol. The van der Waals surface area contributed by atoms with Crippen LogP contribution in [0.2, 0.25) is 0 Å². The number of benzene rings is 1. The number of aromatic nitrogens is 1. The fraction of sp³-hybridized carbons (Fsp3) is 0.367. The molecule has 0 saturated carbocycles. The highest BCUT2D eigenvalue weighted by molar-refractivity contribution is 6.04. The van der Waals surface area contributed by atoms with Gasteiger partial charge in [0.25, 0.3) is 5.91 Å². The number of hydrazone groups is 1. The number of pyridine rings is 1. The fourth-order valence-corrected chi connectivity index (χ4v) is 4.52. The monoisotopic (exact) mass is 565 g/mol. The molecule has 1 aromatic carbocycles. The van der Waals surface area contributed by atoms with Gasteiger partial charge < -0.3 is 16.0 Å². The summed E-state index contributed by atoms with van der Waals surface area (Å²) in [6.07, 6.45) is 2.25. The summed E-state index contributed by atoms with van der Waals surface area (Å²) in [5.41, 5.74) is 7.78. The summed E-state index contributed by atoms with van der Waals surface area (Å²) < 4.78 is 41.9. The summed E-state index contributed by atoms with van der Waals surface area (Å²) in [5, 5.41) is 8.63. The number of allylic oxidation sites excluding steroid dienone is 3. The second-order valence-corrected chi connectivity index (χ2v) is 10.3. The lowest BCUT2D eigenvalue weighted by Crippen LogP contribution is -2.44. The van der Waals surface area contributed by atoms with E-state index < -0.39 is 17.6 Å². The number of piperazine rings is 1. The number of hydrogen-bond donors (Lipinski definition) is 2. The van der Waals surface area contributed by atoms with Crippen LogP contribution in [-0.2, 0) is 12.7 Å². The molecule has 0 spiro atoms. The molecule has 41 heavy (non-hydrogen) atoms. The summed E-state index contributed by atoms with van der Waals surface area (Å²) in [4.78, 5) is 21.5. The molecule has 4 rings (SSSR count). The van der Waals surface area contributed by atoms with Crippen molar-refractivity contribution in [2.24, 2.45) is 10.8 Å². The summed E-state index contributed by atoms with van der Waals surface area (Å²) in [7, 11) is 1.99. The van der Waals surface area contributed by atoms with Gasteiger partial charge in [-0.05, 0) is 63.6 Å². The Morgan fingerprint density at radius 2 is 1.93 bits per heavy atom. The molecule has 1 unspecified atom stereocenters. The number of carbonyl (C=O) groups is 1. The van der Waals surface area contributed by atoms with E-state index >= 15 is 0 Å². The number of nitrogens with one attached hydrogen (secondary N) is 1. The number of carbonyl (C=O) groups excluding carboxylic acids is 1. The van der Waals surface area contributed by atoms with Crippen LogP contribution in [0.15, 0.2) is 59.1 Å². The molecule has 1 atom stereocenters. The SMILES string of the molecule is C/C(N)=C(\C#Cc1cc(C(=O)Nc2ccc(CN3CCN(C)CC3)c(C(F)(F)F)c2)cnc1C)N1N=CC=CC1C. The molecular formula is C30H34F3N7O. The maximum Gasteiger partial charge on any atom is 0.416 e. The Kier molecular flexibility index (Phi) is 9.15. The molecule has 1 saturated heterocycles. The van der Waals surface area contributed by atoms with Gasteiger partial charge >= 0.3 is 6.18 Å². The normalized spacial score (nSPS) is 18.5. The third kappa shape index (κ3) is 7.54. The lowest BCUT2D eigenvalue weighted by Gasteiger charge is -2.33. The second kappa shape index (κ2) is 12.6. The second-order valence-electron chi connectivity index (χ2n) is 10.3. The van der Waals surface area contributed by atoms with Crippen LogP contribution in [-0.4, -0.2) is 71.2 Å². The van der Waals surface area contributed by atoms with E-state index in [-0.39, 0.29) is 29.4 Å². The molecule has 0 aliphatic carbocycles. The van der Waals surface area contributed by atoms with Gasteiger partial charge in [0.15, 0.2) is 0 Å². The molecule has 2 aliphatic heterocycles. The van der Waals surface area contributed by atoms with Crippen molar-refractivity contribution < 1.29 is 18.0 Å². The molecule has 3 heterocycles. The number of hydrogen-bond acceptors (Lipinski definition) is 7. The molecule has 0 radical (unpaired) electrons. The van der Waals surface area contributed by atoms with Crippen molar-refractivity contribution in [3.63, 3.8) is 0 Å². The van der Waals surface area contributed by atoms with Crippen LogP contribution < -0.4 is 11.1 Å². The molecule has 1 aromatic heterocycles. The molecule has 1 amide bonds. The summed E-state index contributed by atoms with van der Waals surface area (Å²) in [6, 6.07) is 5.43. The van der Waals surface area contributed by atoms with Crippen molar-refractivity contribution in [2.45, 2.75) is 39.5 Å². The molecule has 2 aliphatic rings. The van der Waals surface area contributed by atoms with E-state index in [1.54, 1.807) is 31.1 Å². The minimum absolute atomic E-state index is 0.0475. The van der Waals surface area contributed by atoms with Gasteiger partial charge in [0.2, 0.25) is 0 Å². The Hall–Kier alpha value is -4.14. The Balaban J connectivity index is 1.54. The predicted molar refractivity (Wildman–Crippen MR) is 154 cm³/mol. The highest BCUT2D eigenvalue weighted by atomic mass is 19.4. The average molecular weight is 566 g/mol. The van der Waals surface area contributed by atoms with Crippen molar-refractivity contribution in [3.8, 4) is 11.8 Å². The highest BCUT2D eigenvalue weighted by Gasteiger charge is 2.34. The highest BCUT2D eigenvalue weighted by Crippen LogP contribution is 2.34. The summed E-state index contributed by atoms with van der Waals surface area (Å²) in [5.74, 6) is 5.47. The van der Waals surface area contributed by atoms with Gasteiger partial charge in [-0.25, -0.2) is 5.01 Å². The van der Waals surface area contributed by atoms with Gasteiger partial charge in [-0.15, -0.1) is 0 Å². The van der Waals surface area contributed by atoms with Crippen molar-refractivity contribution >= 4 is 17.8 Å². The number of nitrogens with zero attached hydrogens (tertiary/aromatic N) is 5. The Bertz CT molecular complexity index is 1440. The summed E-state index contributed by atoms with van der Waals surface area (Å²) in [6.45, 7) is 8.63. The number of aryl methyl sites for hydroxylation is 1. The van der Waals surface area contributed by atoms with E-state index in [4.69, 9.17) is 5.73 Å². The van der Waals surface area contributed by atoms with E-state index in [2.05, 4.69) is 32.1 Å². The van der Waals surface area contributed by atoms with Crippen LogP contribution in [0.3, 0.4) is 0 Å². The molecule has 1 fully saturated rings. The Morgan fingerprint density at radius 1 is 1.20 bits per heavy atom. The predicted octanol–water partition coefficient (Wildman–Crippen LogP) is 4.20. The zero-order valence-electron chi connectivity index (χ0n) is 23.6. The molecule has 2 aromatic rings. The first-order chi connectivity index (χ1) is 19.4. The van der Waals surface area contributed by atoms with E-state index in [9.17, 15) is 18.0 Å². The van der Waals surface area contributed by atoms with E-state index in [0.29, 0.717) is 35.7 Å². The van der Waals surface area contributed by atoms with Gasteiger partial charge in [0.05, 0.1) is 22.9 Å².